The van der Waals surface area contributed by atoms with E-state index in [0.29, 0.717) is 0 Å². The van der Waals surface area contributed by atoms with Crippen molar-refractivity contribution in [1.29, 1.82) is 0 Å². The van der Waals surface area contributed by atoms with Gasteiger partial charge in [0.1, 0.15) is 5.82 Å². The molecule has 0 fully saturated rings. The fourth-order valence-corrected chi connectivity index (χ4v) is 0.485. The Labute approximate surface area is 50.7 Å². The number of halogens is 1. The average molecular weight is 128 g/mol. The highest BCUT2D eigenvalue weighted by molar-refractivity contribution is 4.87. The van der Waals surface area contributed by atoms with Crippen LogP contribution in [0.2, 0.25) is 0 Å². The molecule has 0 aliphatic heterocycles. The van der Waals surface area contributed by atoms with E-state index in [1.165, 1.54) is 13.1 Å². The summed E-state index contributed by atoms with van der Waals surface area (Å²) in [7, 11) is 0. The molecule has 0 unspecified atom stereocenters. The molecule has 0 amide bonds. The van der Waals surface area contributed by atoms with E-state index in [0.717, 1.165) is 6.07 Å². The summed E-state index contributed by atoms with van der Waals surface area (Å²) in [6.07, 6.45) is 1.27. The van der Waals surface area contributed by atoms with E-state index in [1.54, 1.807) is 0 Å². The molecule has 0 N–H and O–H groups in total. The zero-order valence-corrected chi connectivity index (χ0v) is 4.84. The van der Waals surface area contributed by atoms with Gasteiger partial charge in [0.2, 0.25) is 0 Å². The van der Waals surface area contributed by atoms with Gasteiger partial charge < -0.3 is 0 Å². The lowest BCUT2D eigenvalue weighted by Gasteiger charge is -1.91. The number of aromatic nitrogens is 2. The van der Waals surface area contributed by atoms with Crippen LogP contribution in [0, 0.1) is 6.92 Å². The zero-order chi connectivity index (χ0) is 6.85. The van der Waals surface area contributed by atoms with Crippen molar-refractivity contribution >= 4 is 0 Å². The van der Waals surface area contributed by atoms with E-state index in [9.17, 15) is 9.28 Å². The second-order valence-electron chi connectivity index (χ2n) is 1.61. The number of hydrogen-bond acceptors (Lipinski definition) is 2. The van der Waals surface area contributed by atoms with E-state index in [1.807, 2.05) is 0 Å². The molecule has 0 aliphatic carbocycles. The van der Waals surface area contributed by atoms with Gasteiger partial charge in [-0.2, -0.15) is 0 Å². The van der Waals surface area contributed by atoms with Crippen molar-refractivity contribution in [2.45, 2.75) is 6.92 Å². The summed E-state index contributed by atoms with van der Waals surface area (Å²) in [5, 5.41) is 0. The van der Waals surface area contributed by atoms with E-state index in [2.05, 4.69) is 4.98 Å². The smallest absolute Gasteiger partial charge is 0.267 e. The Hall–Kier alpha value is -1.19. The number of hydrogen-bond donors (Lipinski definition) is 0. The van der Waals surface area contributed by atoms with Gasteiger partial charge in [0.05, 0.1) is 0 Å². The van der Waals surface area contributed by atoms with Crippen LogP contribution in [0.5, 0.6) is 0 Å². The Morgan fingerprint density at radius 3 is 2.89 bits per heavy atom. The molecule has 9 heavy (non-hydrogen) atoms. The molecule has 0 saturated carbocycles. The fraction of sp³-hybridized carbons (Fsp3) is 0.200. The summed E-state index contributed by atoms with van der Waals surface area (Å²) in [5.41, 5.74) is -0.678. The lowest BCUT2D eigenvalue weighted by atomic mass is 10.6. The first-order valence-electron chi connectivity index (χ1n) is 2.42. The molecule has 1 aromatic rings. The molecule has 0 spiro atoms. The molecule has 4 heteroatoms. The average Bonchev–Trinajstić information content (AvgIpc) is 1.83. The summed E-state index contributed by atoms with van der Waals surface area (Å²) in [5.74, 6) is 0.0718. The third kappa shape index (κ3) is 0.960. The third-order valence-electron chi connectivity index (χ3n) is 0.956. The SMILES string of the molecule is Cc1nccc(=O)n1F. The molecule has 3 nitrogen and oxygen atoms in total. The standard InChI is InChI=1S/C5H5FN2O/c1-4-7-3-2-5(9)8(4)6/h2-3H,1H3. The predicted molar refractivity (Wildman–Crippen MR) is 29.7 cm³/mol. The van der Waals surface area contributed by atoms with Crippen molar-refractivity contribution < 1.29 is 4.48 Å². The van der Waals surface area contributed by atoms with Gasteiger partial charge in [-0.3, -0.25) is 4.79 Å². The highest BCUT2D eigenvalue weighted by Gasteiger charge is 1.94. The first-order chi connectivity index (χ1) is 4.22. The van der Waals surface area contributed by atoms with Gasteiger partial charge in [-0.25, -0.2) is 4.98 Å². The molecule has 1 heterocycles. The Bertz CT molecular complexity index is 268. The van der Waals surface area contributed by atoms with Crippen molar-refractivity contribution in [3.63, 3.8) is 0 Å². The Balaban J connectivity index is 3.43. The lowest BCUT2D eigenvalue weighted by Crippen LogP contribution is -2.14. The van der Waals surface area contributed by atoms with Crippen LogP contribution in [0.1, 0.15) is 5.82 Å². The van der Waals surface area contributed by atoms with Gasteiger partial charge in [-0.1, -0.05) is 4.48 Å². The van der Waals surface area contributed by atoms with Crippen molar-refractivity contribution in [3.8, 4) is 0 Å². The molecule has 0 bridgehead atoms. The second kappa shape index (κ2) is 1.97. The summed E-state index contributed by atoms with van der Waals surface area (Å²) >= 11 is 0. The van der Waals surface area contributed by atoms with Crippen LogP contribution in [0.15, 0.2) is 17.1 Å². The predicted octanol–water partition coefficient (Wildman–Crippen LogP) is 0.284. The molecular formula is C5H5FN2O. The van der Waals surface area contributed by atoms with Gasteiger partial charge in [0, 0.05) is 12.3 Å². The summed E-state index contributed by atoms with van der Waals surface area (Å²) in [6, 6.07) is 1.06. The third-order valence-corrected chi connectivity index (χ3v) is 0.956. The fourth-order valence-electron chi connectivity index (χ4n) is 0.485. The van der Waals surface area contributed by atoms with Gasteiger partial charge in [-0.05, 0) is 6.92 Å². The maximum absolute atomic E-state index is 12.3. The van der Waals surface area contributed by atoms with Crippen LogP contribution in [0.3, 0.4) is 0 Å². The molecule has 1 rings (SSSR count). The van der Waals surface area contributed by atoms with E-state index in [4.69, 9.17) is 0 Å². The quantitative estimate of drug-likeness (QED) is 0.503. The minimum absolute atomic E-state index is 0. The van der Waals surface area contributed by atoms with Crippen molar-refractivity contribution in [3.05, 3.63) is 28.4 Å². The molecular weight excluding hydrogens is 123 g/mol. The Morgan fingerprint density at radius 1 is 1.78 bits per heavy atom. The molecule has 0 radical (unpaired) electrons. The highest BCUT2D eigenvalue weighted by Crippen LogP contribution is 1.84. The molecule has 1 aromatic heterocycles. The van der Waals surface area contributed by atoms with Crippen LogP contribution in [0.25, 0.3) is 0 Å². The maximum atomic E-state index is 12.3. The van der Waals surface area contributed by atoms with Crippen LogP contribution in [0.4, 0.5) is 4.48 Å². The van der Waals surface area contributed by atoms with E-state index in [-0.39, 0.29) is 10.6 Å². The minimum Gasteiger partial charge on any atom is -0.267 e. The van der Waals surface area contributed by atoms with Crippen molar-refractivity contribution in [1.82, 2.24) is 9.77 Å². The van der Waals surface area contributed by atoms with E-state index >= 15 is 0 Å². The summed E-state index contributed by atoms with van der Waals surface area (Å²) in [6.45, 7) is 1.42. The summed E-state index contributed by atoms with van der Waals surface area (Å²) < 4.78 is 12.3. The van der Waals surface area contributed by atoms with E-state index < -0.39 is 5.56 Å². The lowest BCUT2D eigenvalue weighted by molar-refractivity contribution is 0.334. The molecule has 48 valence electrons. The number of nitrogens with zero attached hydrogens (tertiary/aromatic N) is 2. The van der Waals surface area contributed by atoms with Gasteiger partial charge >= 0.3 is 0 Å². The van der Waals surface area contributed by atoms with Crippen molar-refractivity contribution in [2.75, 3.05) is 0 Å². The first kappa shape index (κ1) is 5.94. The van der Waals surface area contributed by atoms with Crippen molar-refractivity contribution in [2.24, 2.45) is 0 Å². The molecule has 0 aliphatic rings. The Kier molecular flexibility index (Phi) is 1.30. The number of rotatable bonds is 0. The van der Waals surface area contributed by atoms with Crippen LogP contribution in [-0.2, 0) is 0 Å². The van der Waals surface area contributed by atoms with Gasteiger partial charge in [0.15, 0.2) is 0 Å². The first-order valence-corrected chi connectivity index (χ1v) is 2.42. The largest absolute Gasteiger partial charge is 0.281 e. The second-order valence-corrected chi connectivity index (χ2v) is 1.61. The van der Waals surface area contributed by atoms with Crippen LogP contribution < -0.4 is 5.56 Å². The number of aryl methyl sites for hydroxylation is 1. The molecule has 0 saturated heterocycles. The molecule has 0 atom stereocenters. The van der Waals surface area contributed by atoms with Crippen LogP contribution in [-0.4, -0.2) is 9.77 Å². The van der Waals surface area contributed by atoms with Gasteiger partial charge in [-0.15, -0.1) is 4.79 Å². The minimum atomic E-state index is -0.678. The van der Waals surface area contributed by atoms with Gasteiger partial charge in [0.25, 0.3) is 5.56 Å². The normalized spacial score (nSPS) is 9.56. The highest BCUT2D eigenvalue weighted by atomic mass is 19.2. The molecule has 0 aromatic carbocycles. The van der Waals surface area contributed by atoms with Crippen LogP contribution >= 0.6 is 0 Å². The monoisotopic (exact) mass is 128 g/mol. The topological polar surface area (TPSA) is 34.9 Å². The maximum Gasteiger partial charge on any atom is 0.281 e. The zero-order valence-electron chi connectivity index (χ0n) is 4.84. The Morgan fingerprint density at radius 2 is 2.44 bits per heavy atom. The summed E-state index contributed by atoms with van der Waals surface area (Å²) in [4.78, 5) is 13.9.